The maximum atomic E-state index is 11.5. The maximum Gasteiger partial charge on any atom is 0.165 e. The highest BCUT2D eigenvalue weighted by atomic mass is 79.9. The summed E-state index contributed by atoms with van der Waals surface area (Å²) in [5, 5.41) is 19.9. The second-order valence-electron chi connectivity index (χ2n) is 3.98. The summed E-state index contributed by atoms with van der Waals surface area (Å²) in [7, 11) is 0. The highest BCUT2D eigenvalue weighted by Gasteiger charge is 2.54. The summed E-state index contributed by atoms with van der Waals surface area (Å²) < 4.78 is 5.18. The lowest BCUT2D eigenvalue weighted by molar-refractivity contribution is -0.187. The van der Waals surface area contributed by atoms with Crippen molar-refractivity contribution in [2.24, 2.45) is 0 Å². The standard InChI is InChI=1S/C10H15BrO5/c1-5(12)8(14)9-10(15,6(2)13)7(11)3-4-16-9/h7-9,14-15H,3-4H2,1-2H3/t7-,8?,9+,10-/m0/s1. The summed E-state index contributed by atoms with van der Waals surface area (Å²) in [5.41, 5.74) is -1.86. The van der Waals surface area contributed by atoms with Gasteiger partial charge in [0.2, 0.25) is 0 Å². The van der Waals surface area contributed by atoms with E-state index >= 15 is 0 Å². The second kappa shape index (κ2) is 4.91. The van der Waals surface area contributed by atoms with Crippen molar-refractivity contribution in [1.29, 1.82) is 0 Å². The second-order valence-corrected chi connectivity index (χ2v) is 5.09. The van der Waals surface area contributed by atoms with Gasteiger partial charge < -0.3 is 14.9 Å². The van der Waals surface area contributed by atoms with Crippen LogP contribution in [0.1, 0.15) is 20.3 Å². The maximum absolute atomic E-state index is 11.5. The number of ether oxygens (including phenoxy) is 1. The first-order valence-corrected chi connectivity index (χ1v) is 5.91. The van der Waals surface area contributed by atoms with Crippen LogP contribution in [0.5, 0.6) is 0 Å². The molecule has 1 fully saturated rings. The highest BCUT2D eigenvalue weighted by Crippen LogP contribution is 2.34. The molecule has 1 unspecified atom stereocenters. The van der Waals surface area contributed by atoms with Gasteiger partial charge in [0.25, 0.3) is 0 Å². The van der Waals surface area contributed by atoms with Crippen molar-refractivity contribution in [3.8, 4) is 0 Å². The first kappa shape index (κ1) is 13.8. The van der Waals surface area contributed by atoms with Crippen LogP contribution in [0.25, 0.3) is 0 Å². The lowest BCUT2D eigenvalue weighted by Gasteiger charge is -2.42. The van der Waals surface area contributed by atoms with E-state index in [2.05, 4.69) is 15.9 Å². The minimum Gasteiger partial charge on any atom is -0.382 e. The highest BCUT2D eigenvalue weighted by molar-refractivity contribution is 9.09. The van der Waals surface area contributed by atoms with Crippen LogP contribution < -0.4 is 0 Å². The van der Waals surface area contributed by atoms with E-state index in [1.165, 1.54) is 13.8 Å². The van der Waals surface area contributed by atoms with E-state index in [-0.39, 0.29) is 6.61 Å². The molecule has 16 heavy (non-hydrogen) atoms. The molecule has 2 N–H and O–H groups in total. The Balaban J connectivity index is 3.04. The molecule has 1 rings (SSSR count). The Morgan fingerprint density at radius 2 is 2.06 bits per heavy atom. The SMILES string of the molecule is CC(=O)C(O)[C@H]1OCC[C@H](Br)[C@@]1(O)C(C)=O. The first-order chi connectivity index (χ1) is 7.31. The van der Waals surface area contributed by atoms with Crippen molar-refractivity contribution in [2.75, 3.05) is 6.61 Å². The van der Waals surface area contributed by atoms with Crippen LogP contribution in [0.3, 0.4) is 0 Å². The molecule has 4 atom stereocenters. The zero-order valence-electron chi connectivity index (χ0n) is 9.14. The molecule has 1 aliphatic heterocycles. The number of hydrogen-bond donors (Lipinski definition) is 2. The van der Waals surface area contributed by atoms with Crippen molar-refractivity contribution in [3.63, 3.8) is 0 Å². The monoisotopic (exact) mass is 294 g/mol. The molecule has 1 heterocycles. The van der Waals surface area contributed by atoms with Crippen molar-refractivity contribution >= 4 is 27.5 Å². The number of alkyl halides is 1. The molecular formula is C10H15BrO5. The third-order valence-electron chi connectivity index (χ3n) is 2.85. The number of carbonyl (C=O) groups excluding carboxylic acids is 2. The van der Waals surface area contributed by atoms with Crippen LogP contribution >= 0.6 is 15.9 Å². The Morgan fingerprint density at radius 1 is 1.50 bits per heavy atom. The van der Waals surface area contributed by atoms with Gasteiger partial charge in [0.05, 0.1) is 4.83 Å². The van der Waals surface area contributed by atoms with E-state index in [1.54, 1.807) is 0 Å². The van der Waals surface area contributed by atoms with Crippen molar-refractivity contribution in [1.82, 2.24) is 0 Å². The van der Waals surface area contributed by atoms with Crippen molar-refractivity contribution < 1.29 is 24.5 Å². The van der Waals surface area contributed by atoms with E-state index < -0.39 is 34.2 Å². The molecule has 0 aromatic heterocycles. The van der Waals surface area contributed by atoms with Gasteiger partial charge in [0.15, 0.2) is 17.2 Å². The molecule has 0 spiro atoms. The van der Waals surface area contributed by atoms with Gasteiger partial charge in [-0.25, -0.2) is 0 Å². The average Bonchev–Trinajstić information content (AvgIpc) is 2.20. The summed E-state index contributed by atoms with van der Waals surface area (Å²) in [6.07, 6.45) is -2.26. The summed E-state index contributed by atoms with van der Waals surface area (Å²) in [4.78, 5) is 22.1. The fourth-order valence-electron chi connectivity index (χ4n) is 1.79. The number of Topliss-reactive ketones (excluding diaryl/α,β-unsaturated/α-hetero) is 2. The van der Waals surface area contributed by atoms with E-state index in [0.29, 0.717) is 6.42 Å². The number of carbonyl (C=O) groups is 2. The number of aliphatic hydroxyl groups excluding tert-OH is 1. The smallest absolute Gasteiger partial charge is 0.165 e. The lowest BCUT2D eigenvalue weighted by Crippen LogP contribution is -2.64. The van der Waals surface area contributed by atoms with Crippen LogP contribution in [-0.4, -0.2) is 51.0 Å². The quantitative estimate of drug-likeness (QED) is 0.705. The van der Waals surface area contributed by atoms with Crippen LogP contribution in [0, 0.1) is 0 Å². The van der Waals surface area contributed by atoms with Crippen molar-refractivity contribution in [2.45, 2.75) is 42.9 Å². The number of halogens is 1. The zero-order chi connectivity index (χ0) is 12.5. The molecule has 0 aromatic rings. The largest absolute Gasteiger partial charge is 0.382 e. The third-order valence-corrected chi connectivity index (χ3v) is 4.00. The number of rotatable bonds is 3. The summed E-state index contributed by atoms with van der Waals surface area (Å²) in [6.45, 7) is 2.68. The first-order valence-electron chi connectivity index (χ1n) is 4.99. The van der Waals surface area contributed by atoms with E-state index in [0.717, 1.165) is 0 Å². The topological polar surface area (TPSA) is 83.8 Å². The molecular weight excluding hydrogens is 280 g/mol. The van der Waals surface area contributed by atoms with Crippen LogP contribution in [0.4, 0.5) is 0 Å². The van der Waals surface area contributed by atoms with Gasteiger partial charge in [0.1, 0.15) is 12.2 Å². The van der Waals surface area contributed by atoms with Crippen LogP contribution in [0.2, 0.25) is 0 Å². The van der Waals surface area contributed by atoms with E-state index in [1.807, 2.05) is 0 Å². The van der Waals surface area contributed by atoms with Gasteiger partial charge in [-0.15, -0.1) is 0 Å². The van der Waals surface area contributed by atoms with E-state index in [9.17, 15) is 19.8 Å². The Kier molecular flexibility index (Phi) is 4.23. The Labute approximate surface area is 102 Å². The van der Waals surface area contributed by atoms with Crippen LogP contribution in [-0.2, 0) is 14.3 Å². The number of hydrogen-bond acceptors (Lipinski definition) is 5. The minimum absolute atomic E-state index is 0.278. The third kappa shape index (κ3) is 2.20. The Bertz CT molecular complexity index is 306. The average molecular weight is 295 g/mol. The molecule has 6 heteroatoms. The fraction of sp³-hybridized carbons (Fsp3) is 0.800. The molecule has 0 aromatic carbocycles. The Hall–Kier alpha value is -0.300. The van der Waals surface area contributed by atoms with Gasteiger partial charge in [-0.1, -0.05) is 15.9 Å². The predicted molar refractivity (Wildman–Crippen MR) is 59.4 cm³/mol. The molecule has 5 nitrogen and oxygen atoms in total. The van der Waals surface area contributed by atoms with Gasteiger partial charge in [-0.2, -0.15) is 0 Å². The number of aliphatic hydroxyl groups is 2. The van der Waals surface area contributed by atoms with Gasteiger partial charge >= 0.3 is 0 Å². The predicted octanol–water partition coefficient (Wildman–Crippen LogP) is -0.191. The fourth-order valence-corrected chi connectivity index (χ4v) is 2.56. The van der Waals surface area contributed by atoms with Gasteiger partial charge in [0, 0.05) is 6.61 Å². The van der Waals surface area contributed by atoms with Gasteiger partial charge in [-0.3, -0.25) is 9.59 Å². The molecule has 1 saturated heterocycles. The minimum atomic E-state index is -1.86. The molecule has 0 radical (unpaired) electrons. The van der Waals surface area contributed by atoms with Crippen LogP contribution in [0.15, 0.2) is 0 Å². The number of ketones is 2. The van der Waals surface area contributed by atoms with Gasteiger partial charge in [-0.05, 0) is 20.3 Å². The summed E-state index contributed by atoms with van der Waals surface area (Å²) in [5.74, 6) is -1.06. The summed E-state index contributed by atoms with van der Waals surface area (Å²) in [6, 6.07) is 0. The normalized spacial score (nSPS) is 36.8. The zero-order valence-corrected chi connectivity index (χ0v) is 10.7. The lowest BCUT2D eigenvalue weighted by atomic mass is 9.82. The summed E-state index contributed by atoms with van der Waals surface area (Å²) >= 11 is 3.20. The molecule has 0 aliphatic carbocycles. The molecule has 92 valence electrons. The van der Waals surface area contributed by atoms with Crippen molar-refractivity contribution in [3.05, 3.63) is 0 Å². The molecule has 0 bridgehead atoms. The molecule has 0 saturated carbocycles. The van der Waals surface area contributed by atoms with E-state index in [4.69, 9.17) is 4.74 Å². The Morgan fingerprint density at radius 3 is 2.50 bits per heavy atom. The molecule has 0 amide bonds. The molecule has 1 aliphatic rings.